The van der Waals surface area contributed by atoms with Gasteiger partial charge in [-0.25, -0.2) is 4.68 Å². The van der Waals surface area contributed by atoms with Gasteiger partial charge in [0.1, 0.15) is 0 Å². The second-order valence-electron chi connectivity index (χ2n) is 7.31. The number of carbonyl (C=O) groups is 1. The molecule has 0 atom stereocenters. The van der Waals surface area contributed by atoms with E-state index in [1.54, 1.807) is 18.6 Å². The molecule has 3 aromatic rings. The smallest absolute Gasteiger partial charge is 0.226 e. The van der Waals surface area contributed by atoms with Crippen LogP contribution in [0.15, 0.2) is 48.9 Å². The van der Waals surface area contributed by atoms with E-state index in [1.165, 1.54) is 0 Å². The Balaban J connectivity index is 1.81. The quantitative estimate of drug-likeness (QED) is 0.732. The molecule has 0 bridgehead atoms. The van der Waals surface area contributed by atoms with Crippen LogP contribution in [0.25, 0.3) is 5.69 Å². The van der Waals surface area contributed by atoms with Crippen LogP contribution in [0.4, 0.5) is 0 Å². The molecule has 27 heavy (non-hydrogen) atoms. The molecule has 2 aromatic heterocycles. The second kappa shape index (κ2) is 7.88. The predicted molar refractivity (Wildman–Crippen MR) is 105 cm³/mol. The third-order valence-corrected chi connectivity index (χ3v) is 4.26. The minimum absolute atomic E-state index is 0.109. The summed E-state index contributed by atoms with van der Waals surface area (Å²) < 4.78 is 1.83. The highest BCUT2D eigenvalue weighted by atomic mass is 35.5. The van der Waals surface area contributed by atoms with Gasteiger partial charge in [-0.3, -0.25) is 14.8 Å². The summed E-state index contributed by atoms with van der Waals surface area (Å²) in [6, 6.07) is 9.51. The van der Waals surface area contributed by atoms with Crippen molar-refractivity contribution in [1.29, 1.82) is 0 Å². The number of carbonyl (C=O) groups excluding carboxylic acids is 1. The Bertz CT molecular complexity index is 931. The van der Waals surface area contributed by atoms with Crippen molar-refractivity contribution >= 4 is 17.5 Å². The fourth-order valence-corrected chi connectivity index (χ4v) is 2.77. The van der Waals surface area contributed by atoms with E-state index in [-0.39, 0.29) is 17.7 Å². The molecular formula is C20H22ClN5O. The summed E-state index contributed by atoms with van der Waals surface area (Å²) >= 11 is 6.14. The first-order valence-corrected chi connectivity index (χ1v) is 9.08. The number of hydrogen-bond acceptors (Lipinski definition) is 4. The van der Waals surface area contributed by atoms with Crippen molar-refractivity contribution < 1.29 is 4.79 Å². The van der Waals surface area contributed by atoms with Crippen molar-refractivity contribution in [3.63, 3.8) is 0 Å². The highest BCUT2D eigenvalue weighted by Crippen LogP contribution is 2.24. The molecule has 2 heterocycles. The lowest BCUT2D eigenvalue weighted by molar-refractivity contribution is -0.120. The first-order valence-electron chi connectivity index (χ1n) is 8.70. The third kappa shape index (κ3) is 4.92. The molecule has 0 spiro atoms. The number of amides is 1. The largest absolute Gasteiger partial charge is 0.350 e. The van der Waals surface area contributed by atoms with Crippen LogP contribution in [-0.2, 0) is 23.2 Å². The van der Waals surface area contributed by atoms with Crippen molar-refractivity contribution in [3.8, 4) is 5.69 Å². The summed E-state index contributed by atoms with van der Waals surface area (Å²) in [5.41, 5.74) is 3.21. The molecule has 0 fully saturated rings. The molecule has 0 saturated heterocycles. The summed E-state index contributed by atoms with van der Waals surface area (Å²) in [4.78, 5) is 20.4. The van der Waals surface area contributed by atoms with E-state index in [0.717, 1.165) is 17.1 Å². The summed E-state index contributed by atoms with van der Waals surface area (Å²) in [7, 11) is 0. The van der Waals surface area contributed by atoms with Gasteiger partial charge in [-0.15, -0.1) is 0 Å². The van der Waals surface area contributed by atoms with Crippen molar-refractivity contribution in [2.24, 2.45) is 0 Å². The van der Waals surface area contributed by atoms with Gasteiger partial charge in [0, 0.05) is 29.0 Å². The molecule has 1 amide bonds. The van der Waals surface area contributed by atoms with Gasteiger partial charge in [0.15, 0.2) is 0 Å². The summed E-state index contributed by atoms with van der Waals surface area (Å²) in [5, 5.41) is 8.31. The average Bonchev–Trinajstić information content (AvgIpc) is 3.05. The number of hydrogen-bond donors (Lipinski definition) is 1. The van der Waals surface area contributed by atoms with E-state index in [9.17, 15) is 4.79 Å². The van der Waals surface area contributed by atoms with Crippen LogP contribution in [0.5, 0.6) is 0 Å². The Hall–Kier alpha value is -2.73. The molecule has 1 N–H and O–H groups in total. The first kappa shape index (κ1) is 19.0. The van der Waals surface area contributed by atoms with E-state index in [2.05, 4.69) is 36.1 Å². The summed E-state index contributed by atoms with van der Waals surface area (Å²) in [6.07, 6.45) is 4.93. The highest BCUT2D eigenvalue weighted by Gasteiger charge is 2.21. The third-order valence-electron chi connectivity index (χ3n) is 4.03. The number of nitrogens with one attached hydrogen (secondary N) is 1. The molecule has 140 valence electrons. The van der Waals surface area contributed by atoms with Crippen LogP contribution in [0.2, 0.25) is 5.02 Å². The maximum absolute atomic E-state index is 12.3. The van der Waals surface area contributed by atoms with Gasteiger partial charge in [-0.05, 0) is 24.3 Å². The fraction of sp³-hybridized carbons (Fsp3) is 0.300. The molecule has 0 radical (unpaired) electrons. The lowest BCUT2D eigenvalue weighted by Gasteiger charge is -2.14. The SMILES string of the molecule is CC(C)(C)c1cc(CNC(=O)Cc2cnccn2)n(-c2cccc(Cl)c2)n1. The molecule has 7 heteroatoms. The van der Waals surface area contributed by atoms with Crippen molar-refractivity contribution in [2.45, 2.75) is 39.2 Å². The molecule has 0 aliphatic heterocycles. The van der Waals surface area contributed by atoms with Crippen LogP contribution < -0.4 is 5.32 Å². The van der Waals surface area contributed by atoms with Gasteiger partial charge >= 0.3 is 0 Å². The molecule has 0 aliphatic carbocycles. The van der Waals surface area contributed by atoms with Crippen LogP contribution in [0, 0.1) is 0 Å². The van der Waals surface area contributed by atoms with Crippen LogP contribution in [0.3, 0.4) is 0 Å². The predicted octanol–water partition coefficient (Wildman–Crippen LogP) is 3.47. The van der Waals surface area contributed by atoms with Crippen molar-refractivity contribution in [2.75, 3.05) is 0 Å². The van der Waals surface area contributed by atoms with Gasteiger partial charge in [-0.2, -0.15) is 5.10 Å². The Kier molecular flexibility index (Phi) is 5.56. The molecule has 0 aliphatic rings. The van der Waals surface area contributed by atoms with Crippen LogP contribution >= 0.6 is 11.6 Å². The Morgan fingerprint density at radius 3 is 2.70 bits per heavy atom. The molecule has 6 nitrogen and oxygen atoms in total. The number of rotatable bonds is 5. The molecule has 3 rings (SSSR count). The van der Waals surface area contributed by atoms with E-state index in [1.807, 2.05) is 35.0 Å². The highest BCUT2D eigenvalue weighted by molar-refractivity contribution is 6.30. The van der Waals surface area contributed by atoms with Gasteiger partial charge in [0.05, 0.1) is 35.7 Å². The monoisotopic (exact) mass is 383 g/mol. The van der Waals surface area contributed by atoms with E-state index < -0.39 is 0 Å². The van der Waals surface area contributed by atoms with Gasteiger partial charge < -0.3 is 5.32 Å². The standard InChI is InChI=1S/C20H22ClN5O/c1-20(2,3)18-11-17(26(25-18)16-6-4-5-14(21)9-16)13-24-19(27)10-15-12-22-7-8-23-15/h4-9,11-12H,10,13H2,1-3H3,(H,24,27). The van der Waals surface area contributed by atoms with Crippen LogP contribution in [0.1, 0.15) is 37.9 Å². The zero-order valence-corrected chi connectivity index (χ0v) is 16.4. The molecular weight excluding hydrogens is 362 g/mol. The lowest BCUT2D eigenvalue weighted by atomic mass is 9.92. The van der Waals surface area contributed by atoms with Crippen molar-refractivity contribution in [3.05, 3.63) is 71.0 Å². The molecule has 0 saturated carbocycles. The average molecular weight is 384 g/mol. The summed E-state index contributed by atoms with van der Waals surface area (Å²) in [6.45, 7) is 6.67. The Labute approximate surface area is 163 Å². The zero-order valence-electron chi connectivity index (χ0n) is 15.6. The Morgan fingerprint density at radius 1 is 1.22 bits per heavy atom. The number of aromatic nitrogens is 4. The molecule has 1 aromatic carbocycles. The minimum atomic E-state index is -0.119. The van der Waals surface area contributed by atoms with E-state index >= 15 is 0 Å². The number of nitrogens with zero attached hydrogens (tertiary/aromatic N) is 4. The number of benzene rings is 1. The second-order valence-corrected chi connectivity index (χ2v) is 7.75. The number of halogens is 1. The Morgan fingerprint density at radius 2 is 2.04 bits per heavy atom. The zero-order chi connectivity index (χ0) is 19.4. The maximum Gasteiger partial charge on any atom is 0.226 e. The van der Waals surface area contributed by atoms with Crippen molar-refractivity contribution in [1.82, 2.24) is 25.1 Å². The van der Waals surface area contributed by atoms with E-state index in [0.29, 0.717) is 17.3 Å². The minimum Gasteiger partial charge on any atom is -0.350 e. The van der Waals surface area contributed by atoms with Gasteiger partial charge in [0.2, 0.25) is 5.91 Å². The first-order chi connectivity index (χ1) is 12.8. The fourth-order valence-electron chi connectivity index (χ4n) is 2.58. The summed E-state index contributed by atoms with van der Waals surface area (Å²) in [5.74, 6) is -0.119. The van der Waals surface area contributed by atoms with Crippen LogP contribution in [-0.4, -0.2) is 25.7 Å². The van der Waals surface area contributed by atoms with E-state index in [4.69, 9.17) is 16.7 Å². The molecule has 0 unspecified atom stereocenters. The lowest BCUT2D eigenvalue weighted by Crippen LogP contribution is -2.26. The van der Waals surface area contributed by atoms with Gasteiger partial charge in [0.25, 0.3) is 0 Å². The maximum atomic E-state index is 12.3. The topological polar surface area (TPSA) is 72.7 Å². The van der Waals surface area contributed by atoms with Gasteiger partial charge in [-0.1, -0.05) is 38.4 Å². The normalized spacial score (nSPS) is 11.4.